The van der Waals surface area contributed by atoms with Crippen LogP contribution in [0.2, 0.25) is 0 Å². The summed E-state index contributed by atoms with van der Waals surface area (Å²) in [5.74, 6) is 1.82. The molecule has 0 N–H and O–H groups in total. The van der Waals surface area contributed by atoms with Crippen LogP contribution in [0.3, 0.4) is 0 Å². The number of ether oxygens (including phenoxy) is 1. The third kappa shape index (κ3) is 5.66. The SMILES string of the molecule is COc1ccc(CN(Cc2cccc3ccccc23)C(=O)CCC2CCCCC2)cc1. The molecule has 0 spiro atoms. The molecular formula is C28H33NO2. The van der Waals surface area contributed by atoms with Crippen LogP contribution in [0.4, 0.5) is 0 Å². The lowest BCUT2D eigenvalue weighted by Gasteiger charge is -2.26. The lowest BCUT2D eigenvalue weighted by atomic mass is 9.86. The molecule has 1 saturated carbocycles. The number of carbonyl (C=O) groups is 1. The summed E-state index contributed by atoms with van der Waals surface area (Å²) in [6.45, 7) is 1.26. The van der Waals surface area contributed by atoms with E-state index in [4.69, 9.17) is 4.74 Å². The van der Waals surface area contributed by atoms with Gasteiger partial charge in [-0.1, -0.05) is 86.7 Å². The summed E-state index contributed by atoms with van der Waals surface area (Å²) in [4.78, 5) is 15.4. The molecule has 4 rings (SSSR count). The number of carbonyl (C=O) groups excluding carboxylic acids is 1. The maximum absolute atomic E-state index is 13.4. The summed E-state index contributed by atoms with van der Waals surface area (Å²) in [6.07, 6.45) is 8.24. The molecule has 1 fully saturated rings. The minimum Gasteiger partial charge on any atom is -0.497 e. The van der Waals surface area contributed by atoms with Crippen LogP contribution < -0.4 is 4.74 Å². The third-order valence-electron chi connectivity index (χ3n) is 6.62. The Bertz CT molecular complexity index is 984. The molecule has 3 aromatic rings. The highest BCUT2D eigenvalue weighted by Crippen LogP contribution is 2.28. The zero-order chi connectivity index (χ0) is 21.5. The average molecular weight is 416 g/mol. The first kappa shape index (κ1) is 21.4. The van der Waals surface area contributed by atoms with Crippen molar-refractivity contribution in [2.75, 3.05) is 7.11 Å². The third-order valence-corrected chi connectivity index (χ3v) is 6.62. The Hall–Kier alpha value is -2.81. The Labute approximate surface area is 186 Å². The van der Waals surface area contributed by atoms with Crippen LogP contribution in [0, 0.1) is 5.92 Å². The van der Waals surface area contributed by atoms with E-state index in [0.29, 0.717) is 19.5 Å². The largest absolute Gasteiger partial charge is 0.497 e. The second-order valence-corrected chi connectivity index (χ2v) is 8.78. The molecule has 1 aliphatic rings. The quantitative estimate of drug-likeness (QED) is 0.408. The number of benzene rings is 3. The van der Waals surface area contributed by atoms with E-state index >= 15 is 0 Å². The molecule has 3 aromatic carbocycles. The summed E-state index contributed by atoms with van der Waals surface area (Å²) < 4.78 is 5.29. The second kappa shape index (κ2) is 10.5. The highest BCUT2D eigenvalue weighted by molar-refractivity contribution is 5.86. The van der Waals surface area contributed by atoms with Crippen molar-refractivity contribution in [1.29, 1.82) is 0 Å². The Morgan fingerprint density at radius 2 is 1.65 bits per heavy atom. The topological polar surface area (TPSA) is 29.5 Å². The molecule has 31 heavy (non-hydrogen) atoms. The van der Waals surface area contributed by atoms with Gasteiger partial charge in [-0.25, -0.2) is 0 Å². The smallest absolute Gasteiger partial charge is 0.223 e. The number of fused-ring (bicyclic) bond motifs is 1. The number of nitrogens with zero attached hydrogens (tertiary/aromatic N) is 1. The van der Waals surface area contributed by atoms with Crippen molar-refractivity contribution in [3.05, 3.63) is 77.9 Å². The molecule has 3 nitrogen and oxygen atoms in total. The van der Waals surface area contributed by atoms with E-state index in [-0.39, 0.29) is 5.91 Å². The van der Waals surface area contributed by atoms with Gasteiger partial charge in [0.25, 0.3) is 0 Å². The van der Waals surface area contributed by atoms with E-state index in [9.17, 15) is 4.79 Å². The van der Waals surface area contributed by atoms with E-state index in [1.165, 1.54) is 48.4 Å². The van der Waals surface area contributed by atoms with Crippen molar-refractivity contribution in [3.63, 3.8) is 0 Å². The van der Waals surface area contributed by atoms with E-state index in [1.807, 2.05) is 17.0 Å². The normalized spacial score (nSPS) is 14.5. The van der Waals surface area contributed by atoms with Crippen molar-refractivity contribution in [1.82, 2.24) is 4.90 Å². The van der Waals surface area contributed by atoms with Gasteiger partial charge in [-0.2, -0.15) is 0 Å². The van der Waals surface area contributed by atoms with Crippen LogP contribution >= 0.6 is 0 Å². The van der Waals surface area contributed by atoms with Crippen molar-refractivity contribution >= 4 is 16.7 Å². The summed E-state index contributed by atoms with van der Waals surface area (Å²) in [5.41, 5.74) is 2.34. The predicted molar refractivity (Wildman–Crippen MR) is 127 cm³/mol. The lowest BCUT2D eigenvalue weighted by Crippen LogP contribution is -2.30. The second-order valence-electron chi connectivity index (χ2n) is 8.78. The van der Waals surface area contributed by atoms with Crippen LogP contribution in [0.1, 0.15) is 56.1 Å². The maximum Gasteiger partial charge on any atom is 0.223 e. The van der Waals surface area contributed by atoms with Crippen LogP contribution in [0.5, 0.6) is 5.75 Å². The fourth-order valence-electron chi connectivity index (χ4n) is 4.78. The fraction of sp³-hybridized carbons (Fsp3) is 0.393. The minimum absolute atomic E-state index is 0.259. The van der Waals surface area contributed by atoms with E-state index in [1.54, 1.807) is 7.11 Å². The molecule has 162 valence electrons. The lowest BCUT2D eigenvalue weighted by molar-refractivity contribution is -0.132. The fourth-order valence-corrected chi connectivity index (χ4v) is 4.78. The van der Waals surface area contributed by atoms with Crippen LogP contribution in [0.25, 0.3) is 10.8 Å². The standard InChI is InChI=1S/C28H33NO2/c1-31-26-17-14-23(15-18-26)20-29(28(30)19-16-22-8-3-2-4-9-22)21-25-12-7-11-24-10-5-6-13-27(24)25/h5-7,10-15,17-18,22H,2-4,8-9,16,19-21H2,1H3. The Morgan fingerprint density at radius 3 is 2.42 bits per heavy atom. The van der Waals surface area contributed by atoms with E-state index in [0.717, 1.165) is 23.7 Å². The van der Waals surface area contributed by atoms with Gasteiger partial charge in [0.05, 0.1) is 7.11 Å². The van der Waals surface area contributed by atoms with Gasteiger partial charge in [0, 0.05) is 19.5 Å². The van der Waals surface area contributed by atoms with Crippen molar-refractivity contribution in [2.24, 2.45) is 5.92 Å². The average Bonchev–Trinajstić information content (AvgIpc) is 2.83. The molecule has 0 unspecified atom stereocenters. The predicted octanol–water partition coefficient (Wildman–Crippen LogP) is 6.74. The number of methoxy groups -OCH3 is 1. The highest BCUT2D eigenvalue weighted by atomic mass is 16.5. The monoisotopic (exact) mass is 415 g/mol. The zero-order valence-electron chi connectivity index (χ0n) is 18.6. The first-order chi connectivity index (χ1) is 15.2. The molecule has 1 amide bonds. The molecule has 0 aromatic heterocycles. The summed E-state index contributed by atoms with van der Waals surface area (Å²) in [5, 5.41) is 2.45. The molecular weight excluding hydrogens is 382 g/mol. The Balaban J connectivity index is 1.52. The van der Waals surface area contributed by atoms with Gasteiger partial charge in [-0.15, -0.1) is 0 Å². The number of hydrogen-bond acceptors (Lipinski definition) is 2. The number of hydrogen-bond donors (Lipinski definition) is 0. The van der Waals surface area contributed by atoms with Crippen molar-refractivity contribution < 1.29 is 9.53 Å². The van der Waals surface area contributed by atoms with E-state index < -0.39 is 0 Å². The molecule has 0 aliphatic heterocycles. The zero-order valence-corrected chi connectivity index (χ0v) is 18.6. The van der Waals surface area contributed by atoms with Crippen LogP contribution in [-0.4, -0.2) is 17.9 Å². The van der Waals surface area contributed by atoms with Crippen molar-refractivity contribution in [3.8, 4) is 5.75 Å². The maximum atomic E-state index is 13.4. The Kier molecular flexibility index (Phi) is 7.24. The molecule has 0 atom stereocenters. The first-order valence-corrected chi connectivity index (χ1v) is 11.6. The summed E-state index contributed by atoms with van der Waals surface area (Å²) in [7, 11) is 1.68. The molecule has 1 aliphatic carbocycles. The van der Waals surface area contributed by atoms with Crippen molar-refractivity contribution in [2.45, 2.75) is 58.0 Å². The molecule has 0 heterocycles. The van der Waals surface area contributed by atoms with Gasteiger partial charge in [-0.3, -0.25) is 4.79 Å². The molecule has 0 bridgehead atoms. The van der Waals surface area contributed by atoms with Gasteiger partial charge in [0.1, 0.15) is 5.75 Å². The highest BCUT2D eigenvalue weighted by Gasteiger charge is 2.19. The minimum atomic E-state index is 0.259. The van der Waals surface area contributed by atoms with Gasteiger partial charge in [0.15, 0.2) is 0 Å². The van der Waals surface area contributed by atoms with E-state index in [2.05, 4.69) is 54.6 Å². The van der Waals surface area contributed by atoms with Crippen LogP contribution in [0.15, 0.2) is 66.7 Å². The summed E-state index contributed by atoms with van der Waals surface area (Å²) in [6, 6.07) is 22.9. The van der Waals surface area contributed by atoms with Crippen LogP contribution in [-0.2, 0) is 17.9 Å². The van der Waals surface area contributed by atoms with Gasteiger partial charge in [0.2, 0.25) is 5.91 Å². The molecule has 0 radical (unpaired) electrons. The first-order valence-electron chi connectivity index (χ1n) is 11.6. The molecule has 0 saturated heterocycles. The Morgan fingerprint density at radius 1 is 0.903 bits per heavy atom. The van der Waals surface area contributed by atoms with Gasteiger partial charge < -0.3 is 9.64 Å². The number of rotatable bonds is 8. The van der Waals surface area contributed by atoms with Gasteiger partial charge >= 0.3 is 0 Å². The number of amides is 1. The van der Waals surface area contributed by atoms with Gasteiger partial charge in [-0.05, 0) is 46.4 Å². The molecule has 3 heteroatoms. The summed E-state index contributed by atoms with van der Waals surface area (Å²) >= 11 is 0.